The fourth-order valence-corrected chi connectivity index (χ4v) is 5.19. The Morgan fingerprint density at radius 2 is 1.66 bits per heavy atom. The molecule has 2 aliphatic rings. The molecule has 0 atom stereocenters. The molecule has 9 heteroatoms. The Hall–Kier alpha value is -3.66. The van der Waals surface area contributed by atoms with Gasteiger partial charge in [-0.15, -0.1) is 0 Å². The Morgan fingerprint density at radius 1 is 0.974 bits per heavy atom. The van der Waals surface area contributed by atoms with Gasteiger partial charge in [-0.1, -0.05) is 42.5 Å². The lowest BCUT2D eigenvalue weighted by Gasteiger charge is -2.26. The van der Waals surface area contributed by atoms with Crippen molar-refractivity contribution in [3.63, 3.8) is 0 Å². The normalized spacial score (nSPS) is 17.2. The zero-order chi connectivity index (χ0) is 26.7. The van der Waals surface area contributed by atoms with Crippen molar-refractivity contribution in [2.45, 2.75) is 25.6 Å². The number of amides is 1. The van der Waals surface area contributed by atoms with Crippen LogP contribution in [0.1, 0.15) is 30.5 Å². The molecule has 5 rings (SSSR count). The van der Waals surface area contributed by atoms with Crippen LogP contribution in [-0.4, -0.2) is 50.8 Å². The lowest BCUT2D eigenvalue weighted by molar-refractivity contribution is -0.110. The predicted octanol–water partition coefficient (Wildman–Crippen LogP) is 4.60. The molecule has 38 heavy (non-hydrogen) atoms. The minimum absolute atomic E-state index is 0.251. The van der Waals surface area contributed by atoms with Crippen LogP contribution in [-0.2, 0) is 26.1 Å². The second kappa shape index (κ2) is 11.0. The lowest BCUT2D eigenvalue weighted by atomic mass is 9.99. The largest absolute Gasteiger partial charge is 0.379 e. The summed E-state index contributed by atoms with van der Waals surface area (Å²) in [5.74, 6) is -0.251. The van der Waals surface area contributed by atoms with Gasteiger partial charge in [0.1, 0.15) is 0 Å². The molecule has 0 unspecified atom stereocenters. The van der Waals surface area contributed by atoms with E-state index in [9.17, 15) is 13.2 Å². The van der Waals surface area contributed by atoms with Gasteiger partial charge in [0, 0.05) is 42.3 Å². The van der Waals surface area contributed by atoms with Gasteiger partial charge < -0.3 is 15.4 Å². The van der Waals surface area contributed by atoms with Crippen LogP contribution in [0.2, 0.25) is 0 Å². The first-order valence-electron chi connectivity index (χ1n) is 12.7. The van der Waals surface area contributed by atoms with Crippen LogP contribution in [0, 0.1) is 0 Å². The fraction of sp³-hybridized carbons (Fsp3) is 0.276. The van der Waals surface area contributed by atoms with E-state index in [0.29, 0.717) is 28.2 Å². The van der Waals surface area contributed by atoms with E-state index in [-0.39, 0.29) is 5.91 Å². The quantitative estimate of drug-likeness (QED) is 0.367. The highest BCUT2D eigenvalue weighted by molar-refractivity contribution is 7.93. The number of rotatable bonds is 8. The maximum atomic E-state index is 13.3. The van der Waals surface area contributed by atoms with E-state index in [0.717, 1.165) is 44.1 Å². The Bertz CT molecular complexity index is 1450. The molecule has 2 aliphatic heterocycles. The number of carbonyl (C=O) groups excluding carboxylic acids is 1. The van der Waals surface area contributed by atoms with E-state index >= 15 is 0 Å². The first-order valence-corrected chi connectivity index (χ1v) is 14.3. The van der Waals surface area contributed by atoms with Crippen LogP contribution in [0.15, 0.2) is 72.8 Å². The summed E-state index contributed by atoms with van der Waals surface area (Å²) in [5, 5.41) is 5.81. The van der Waals surface area contributed by atoms with Gasteiger partial charge in [-0.25, -0.2) is 8.42 Å². The molecular weight excluding hydrogens is 500 g/mol. The summed E-state index contributed by atoms with van der Waals surface area (Å²) in [7, 11) is -3.53. The van der Waals surface area contributed by atoms with Gasteiger partial charge in [-0.3, -0.25) is 14.4 Å². The first kappa shape index (κ1) is 26.0. The van der Waals surface area contributed by atoms with Crippen LogP contribution >= 0.6 is 0 Å². The van der Waals surface area contributed by atoms with Gasteiger partial charge in [0.05, 0.1) is 29.7 Å². The Balaban J connectivity index is 1.49. The number of anilines is 3. The average molecular weight is 533 g/mol. The summed E-state index contributed by atoms with van der Waals surface area (Å²) in [6.07, 6.45) is 0. The molecule has 0 spiro atoms. The summed E-state index contributed by atoms with van der Waals surface area (Å²) in [6, 6.07) is 22.9. The standard InChI is InChI=1S/C29H32N4O4S/c1-20(2)38(35,36)32-24-12-13-26-25(18-24)27(29(34)31-26)28(22-6-4-3-5-7-22)30-23-10-8-21(9-11-23)19-33-14-16-37-17-15-33/h3-13,18,20,30,32H,14-17,19H2,1-2H3,(H,31,34)/b28-27-. The molecule has 3 N–H and O–H groups in total. The van der Waals surface area contributed by atoms with Gasteiger partial charge in [-0.05, 0) is 55.3 Å². The zero-order valence-electron chi connectivity index (χ0n) is 21.5. The number of nitrogens with zero attached hydrogens (tertiary/aromatic N) is 1. The van der Waals surface area contributed by atoms with E-state index in [2.05, 4.69) is 32.4 Å². The highest BCUT2D eigenvalue weighted by Gasteiger charge is 2.29. The van der Waals surface area contributed by atoms with E-state index < -0.39 is 15.3 Å². The lowest BCUT2D eigenvalue weighted by Crippen LogP contribution is -2.35. The smallest absolute Gasteiger partial charge is 0.258 e. The van der Waals surface area contributed by atoms with Crippen molar-refractivity contribution in [3.05, 3.63) is 89.5 Å². The number of morpholine rings is 1. The van der Waals surface area contributed by atoms with Gasteiger partial charge in [0.15, 0.2) is 0 Å². The minimum Gasteiger partial charge on any atom is -0.379 e. The Morgan fingerprint density at radius 3 is 2.34 bits per heavy atom. The number of carbonyl (C=O) groups is 1. The number of fused-ring (bicyclic) bond motifs is 1. The molecule has 1 fully saturated rings. The molecule has 0 aliphatic carbocycles. The summed E-state index contributed by atoms with van der Waals surface area (Å²) in [5.41, 5.74) is 5.67. The van der Waals surface area contributed by atoms with E-state index in [1.54, 1.807) is 32.0 Å². The Kier molecular flexibility index (Phi) is 7.51. The maximum Gasteiger partial charge on any atom is 0.258 e. The molecule has 3 aromatic carbocycles. The van der Waals surface area contributed by atoms with Gasteiger partial charge >= 0.3 is 0 Å². The molecule has 2 heterocycles. The fourth-order valence-electron chi connectivity index (χ4n) is 4.50. The van der Waals surface area contributed by atoms with Crippen molar-refractivity contribution < 1.29 is 17.9 Å². The van der Waals surface area contributed by atoms with Crippen LogP contribution in [0.25, 0.3) is 11.3 Å². The van der Waals surface area contributed by atoms with Crippen molar-refractivity contribution in [3.8, 4) is 0 Å². The van der Waals surface area contributed by atoms with Gasteiger partial charge in [0.25, 0.3) is 5.91 Å². The minimum atomic E-state index is -3.53. The van der Waals surface area contributed by atoms with Crippen molar-refractivity contribution in [1.29, 1.82) is 0 Å². The van der Waals surface area contributed by atoms with E-state index in [1.165, 1.54) is 5.56 Å². The molecule has 8 nitrogen and oxygen atoms in total. The highest BCUT2D eigenvalue weighted by Crippen LogP contribution is 2.39. The topological polar surface area (TPSA) is 99.8 Å². The molecule has 0 radical (unpaired) electrons. The average Bonchev–Trinajstić information content (AvgIpc) is 3.24. The number of benzene rings is 3. The van der Waals surface area contributed by atoms with E-state index in [1.807, 2.05) is 42.5 Å². The number of hydrogen-bond donors (Lipinski definition) is 3. The molecule has 0 saturated carbocycles. The molecule has 0 aromatic heterocycles. The van der Waals surface area contributed by atoms with Crippen LogP contribution in [0.4, 0.5) is 17.1 Å². The molecule has 3 aromatic rings. The summed E-state index contributed by atoms with van der Waals surface area (Å²) < 4.78 is 33.0. The second-order valence-electron chi connectivity index (χ2n) is 9.74. The van der Waals surface area contributed by atoms with Crippen LogP contribution in [0.3, 0.4) is 0 Å². The van der Waals surface area contributed by atoms with Gasteiger partial charge in [-0.2, -0.15) is 0 Å². The monoisotopic (exact) mass is 532 g/mol. The van der Waals surface area contributed by atoms with Crippen molar-refractivity contribution >= 4 is 44.3 Å². The predicted molar refractivity (Wildman–Crippen MR) is 152 cm³/mol. The molecule has 1 amide bonds. The molecule has 0 bridgehead atoms. The van der Waals surface area contributed by atoms with E-state index in [4.69, 9.17) is 4.74 Å². The van der Waals surface area contributed by atoms with Crippen molar-refractivity contribution in [2.75, 3.05) is 41.7 Å². The SMILES string of the molecule is CC(C)S(=O)(=O)Nc1ccc2c(c1)/C(=C(/Nc1ccc(CN3CCOCC3)cc1)c1ccccc1)C(=O)N2. The third-order valence-corrected chi connectivity index (χ3v) is 8.45. The van der Waals surface area contributed by atoms with Crippen molar-refractivity contribution in [1.82, 2.24) is 4.90 Å². The third kappa shape index (κ3) is 5.75. The second-order valence-corrected chi connectivity index (χ2v) is 12.0. The van der Waals surface area contributed by atoms with Crippen LogP contribution in [0.5, 0.6) is 0 Å². The van der Waals surface area contributed by atoms with Crippen molar-refractivity contribution in [2.24, 2.45) is 0 Å². The Labute approximate surface area is 223 Å². The molecule has 1 saturated heterocycles. The first-order chi connectivity index (χ1) is 18.3. The molecular formula is C29H32N4O4S. The maximum absolute atomic E-state index is 13.3. The number of ether oxygens (including phenoxy) is 1. The number of nitrogens with one attached hydrogen (secondary N) is 3. The zero-order valence-corrected chi connectivity index (χ0v) is 22.3. The molecule has 198 valence electrons. The summed E-state index contributed by atoms with van der Waals surface area (Å²) in [6.45, 7) is 7.48. The third-order valence-electron chi connectivity index (χ3n) is 6.69. The van der Waals surface area contributed by atoms with Gasteiger partial charge in [0.2, 0.25) is 10.0 Å². The number of sulfonamides is 1. The highest BCUT2D eigenvalue weighted by atomic mass is 32.2. The summed E-state index contributed by atoms with van der Waals surface area (Å²) in [4.78, 5) is 15.6. The number of hydrogen-bond acceptors (Lipinski definition) is 6. The van der Waals surface area contributed by atoms with Crippen LogP contribution < -0.4 is 15.4 Å². The summed E-state index contributed by atoms with van der Waals surface area (Å²) >= 11 is 0.